The lowest BCUT2D eigenvalue weighted by atomic mass is 10.2. The predicted octanol–water partition coefficient (Wildman–Crippen LogP) is 2.49. The van der Waals surface area contributed by atoms with Gasteiger partial charge in [-0.15, -0.1) is 0 Å². The number of benzene rings is 1. The zero-order valence-corrected chi connectivity index (χ0v) is 14.9. The standard InChI is InChI=1S/C19H18F3N3O3/c20-19(21,22)15-6-7-16(23-10-15)25-9-8-24(11-17(25)26)12-18(27)28-13-14-4-2-1-3-5-14/h1-7,10H,8-9,11-13H2. The van der Waals surface area contributed by atoms with E-state index in [0.29, 0.717) is 12.7 Å². The molecule has 1 aliphatic rings. The first-order chi connectivity index (χ1) is 13.3. The van der Waals surface area contributed by atoms with Crippen LogP contribution in [0.25, 0.3) is 0 Å². The molecule has 1 aliphatic heterocycles. The molecule has 6 nitrogen and oxygen atoms in total. The fraction of sp³-hybridized carbons (Fsp3) is 0.316. The molecular formula is C19H18F3N3O3. The van der Waals surface area contributed by atoms with Gasteiger partial charge in [-0.25, -0.2) is 4.98 Å². The van der Waals surface area contributed by atoms with Crippen LogP contribution in [-0.4, -0.2) is 47.9 Å². The van der Waals surface area contributed by atoms with E-state index < -0.39 is 17.7 Å². The Morgan fingerprint density at radius 2 is 1.86 bits per heavy atom. The van der Waals surface area contributed by atoms with Gasteiger partial charge in [-0.3, -0.25) is 19.4 Å². The Bertz CT molecular complexity index is 826. The number of nitrogens with zero attached hydrogens (tertiary/aromatic N) is 3. The highest BCUT2D eigenvalue weighted by Gasteiger charge is 2.32. The van der Waals surface area contributed by atoms with Crippen LogP contribution in [0.15, 0.2) is 48.7 Å². The maximum absolute atomic E-state index is 12.6. The summed E-state index contributed by atoms with van der Waals surface area (Å²) in [5.74, 6) is -0.628. The third-order valence-electron chi connectivity index (χ3n) is 4.25. The normalized spacial score (nSPS) is 15.5. The lowest BCUT2D eigenvalue weighted by Gasteiger charge is -2.33. The van der Waals surface area contributed by atoms with Crippen molar-refractivity contribution in [3.05, 3.63) is 59.8 Å². The van der Waals surface area contributed by atoms with Crippen LogP contribution in [0.1, 0.15) is 11.1 Å². The van der Waals surface area contributed by atoms with Crippen molar-refractivity contribution in [1.29, 1.82) is 0 Å². The number of alkyl halides is 3. The zero-order valence-electron chi connectivity index (χ0n) is 14.9. The Morgan fingerprint density at radius 3 is 2.46 bits per heavy atom. The SMILES string of the molecule is O=C(CN1CCN(c2ccc(C(F)(F)F)cn2)C(=O)C1)OCc1ccccc1. The highest BCUT2D eigenvalue weighted by molar-refractivity contribution is 5.95. The summed E-state index contributed by atoms with van der Waals surface area (Å²) >= 11 is 0. The maximum atomic E-state index is 12.6. The van der Waals surface area contributed by atoms with Crippen molar-refractivity contribution in [2.24, 2.45) is 0 Å². The highest BCUT2D eigenvalue weighted by Crippen LogP contribution is 2.29. The molecule has 0 unspecified atom stereocenters. The van der Waals surface area contributed by atoms with Crippen LogP contribution in [0.5, 0.6) is 0 Å². The summed E-state index contributed by atoms with van der Waals surface area (Å²) in [6.45, 7) is 0.692. The van der Waals surface area contributed by atoms with Gasteiger partial charge in [-0.2, -0.15) is 13.2 Å². The Kier molecular flexibility index (Phi) is 5.93. The lowest BCUT2D eigenvalue weighted by molar-refractivity contribution is -0.146. The summed E-state index contributed by atoms with van der Waals surface area (Å²) < 4.78 is 43.0. The number of hydrogen-bond acceptors (Lipinski definition) is 5. The molecule has 0 N–H and O–H groups in total. The third-order valence-corrected chi connectivity index (χ3v) is 4.25. The number of hydrogen-bond donors (Lipinski definition) is 0. The summed E-state index contributed by atoms with van der Waals surface area (Å²) in [7, 11) is 0. The van der Waals surface area contributed by atoms with E-state index in [0.717, 1.165) is 11.6 Å². The second kappa shape index (κ2) is 8.39. The van der Waals surface area contributed by atoms with Crippen LogP contribution < -0.4 is 4.90 Å². The van der Waals surface area contributed by atoms with Gasteiger partial charge in [0.1, 0.15) is 12.4 Å². The predicted molar refractivity (Wildman–Crippen MR) is 94.3 cm³/mol. The number of ether oxygens (including phenoxy) is 1. The molecule has 1 aromatic heterocycles. The first-order valence-corrected chi connectivity index (χ1v) is 8.58. The minimum Gasteiger partial charge on any atom is -0.460 e. The molecule has 1 fully saturated rings. The molecule has 0 spiro atoms. The number of pyridine rings is 1. The van der Waals surface area contributed by atoms with Gasteiger partial charge in [-0.05, 0) is 17.7 Å². The summed E-state index contributed by atoms with van der Waals surface area (Å²) in [6, 6.07) is 11.3. The monoisotopic (exact) mass is 393 g/mol. The molecule has 2 heterocycles. The van der Waals surface area contributed by atoms with E-state index in [1.54, 1.807) is 4.90 Å². The molecule has 0 atom stereocenters. The van der Waals surface area contributed by atoms with Crippen LogP contribution in [0.3, 0.4) is 0 Å². The number of piperazine rings is 1. The number of aromatic nitrogens is 1. The van der Waals surface area contributed by atoms with Crippen LogP contribution >= 0.6 is 0 Å². The van der Waals surface area contributed by atoms with Crippen molar-refractivity contribution >= 4 is 17.7 Å². The molecule has 1 aromatic carbocycles. The molecular weight excluding hydrogens is 375 g/mol. The lowest BCUT2D eigenvalue weighted by Crippen LogP contribution is -2.52. The topological polar surface area (TPSA) is 62.7 Å². The summed E-state index contributed by atoms with van der Waals surface area (Å²) in [4.78, 5) is 31.0. The van der Waals surface area contributed by atoms with Crippen LogP contribution in [0.2, 0.25) is 0 Å². The van der Waals surface area contributed by atoms with E-state index in [9.17, 15) is 22.8 Å². The molecule has 0 radical (unpaired) electrons. The number of esters is 1. The minimum atomic E-state index is -4.48. The van der Waals surface area contributed by atoms with Gasteiger partial charge in [0.25, 0.3) is 0 Å². The van der Waals surface area contributed by atoms with E-state index in [-0.39, 0.29) is 38.0 Å². The van der Waals surface area contributed by atoms with Gasteiger partial charge in [0.05, 0.1) is 18.7 Å². The quantitative estimate of drug-likeness (QED) is 0.731. The molecule has 1 saturated heterocycles. The number of carbonyl (C=O) groups excluding carboxylic acids is 2. The van der Waals surface area contributed by atoms with Crippen LogP contribution in [0.4, 0.5) is 19.0 Å². The molecule has 0 bridgehead atoms. The number of anilines is 1. The Morgan fingerprint density at radius 1 is 1.11 bits per heavy atom. The Labute approximate surface area is 159 Å². The average molecular weight is 393 g/mol. The van der Waals surface area contributed by atoms with Gasteiger partial charge >= 0.3 is 12.1 Å². The first-order valence-electron chi connectivity index (χ1n) is 8.58. The molecule has 9 heteroatoms. The van der Waals surface area contributed by atoms with Gasteiger partial charge in [0.15, 0.2) is 0 Å². The fourth-order valence-electron chi connectivity index (χ4n) is 2.78. The molecule has 1 amide bonds. The summed E-state index contributed by atoms with van der Waals surface area (Å²) in [6.07, 6.45) is -3.77. The largest absolute Gasteiger partial charge is 0.460 e. The van der Waals surface area contributed by atoms with Gasteiger partial charge in [0, 0.05) is 19.3 Å². The van der Waals surface area contributed by atoms with Crippen molar-refractivity contribution < 1.29 is 27.5 Å². The van der Waals surface area contributed by atoms with Crippen molar-refractivity contribution in [2.45, 2.75) is 12.8 Å². The second-order valence-electron chi connectivity index (χ2n) is 6.31. The van der Waals surface area contributed by atoms with Gasteiger partial charge < -0.3 is 4.74 Å². The fourth-order valence-corrected chi connectivity index (χ4v) is 2.78. The van der Waals surface area contributed by atoms with Gasteiger partial charge in [0.2, 0.25) is 5.91 Å². The van der Waals surface area contributed by atoms with Crippen molar-refractivity contribution in [1.82, 2.24) is 9.88 Å². The molecule has 148 valence electrons. The molecule has 3 rings (SSSR count). The van der Waals surface area contributed by atoms with Crippen molar-refractivity contribution in [3.63, 3.8) is 0 Å². The molecule has 2 aromatic rings. The number of carbonyl (C=O) groups is 2. The van der Waals surface area contributed by atoms with E-state index in [4.69, 9.17) is 4.74 Å². The first kappa shape index (κ1) is 19.8. The zero-order chi connectivity index (χ0) is 20.1. The minimum absolute atomic E-state index is 0.0349. The molecule has 0 saturated carbocycles. The van der Waals surface area contributed by atoms with Crippen molar-refractivity contribution in [3.8, 4) is 0 Å². The summed E-state index contributed by atoms with van der Waals surface area (Å²) in [5, 5.41) is 0. The third kappa shape index (κ3) is 5.07. The van der Waals surface area contributed by atoms with E-state index in [1.165, 1.54) is 11.0 Å². The van der Waals surface area contributed by atoms with Crippen LogP contribution in [-0.2, 0) is 27.1 Å². The average Bonchev–Trinajstić information content (AvgIpc) is 2.67. The summed E-state index contributed by atoms with van der Waals surface area (Å²) in [5.41, 5.74) is -0.00591. The second-order valence-corrected chi connectivity index (χ2v) is 6.31. The van der Waals surface area contributed by atoms with Crippen LogP contribution in [0, 0.1) is 0 Å². The smallest absolute Gasteiger partial charge is 0.417 e. The number of halogens is 3. The van der Waals surface area contributed by atoms with E-state index in [1.807, 2.05) is 30.3 Å². The number of rotatable bonds is 5. The van der Waals surface area contributed by atoms with E-state index >= 15 is 0 Å². The Balaban J connectivity index is 1.50. The molecule has 0 aliphatic carbocycles. The van der Waals surface area contributed by atoms with Crippen molar-refractivity contribution in [2.75, 3.05) is 31.1 Å². The van der Waals surface area contributed by atoms with E-state index in [2.05, 4.69) is 4.98 Å². The van der Waals surface area contributed by atoms with Gasteiger partial charge in [-0.1, -0.05) is 30.3 Å². The maximum Gasteiger partial charge on any atom is 0.417 e. The Hall–Kier alpha value is -2.94. The number of amides is 1. The molecule has 28 heavy (non-hydrogen) atoms. The highest BCUT2D eigenvalue weighted by atomic mass is 19.4.